The Morgan fingerprint density at radius 2 is 1.90 bits per heavy atom. The number of ether oxygens (including phenoxy) is 3. The zero-order chi connectivity index (χ0) is 21.9. The number of sulfonamides is 1. The lowest BCUT2D eigenvalue weighted by atomic mass is 10.2. The van der Waals surface area contributed by atoms with Crippen LogP contribution < -0.4 is 18.9 Å². The third-order valence-electron chi connectivity index (χ3n) is 3.91. The number of H-pyrrole nitrogens is 1. The molecule has 0 aliphatic heterocycles. The van der Waals surface area contributed by atoms with Crippen LogP contribution in [-0.2, 0) is 10.0 Å². The number of hydrogen-bond acceptors (Lipinski definition) is 8. The molecular formula is C17H15F2N5O5S. The molecule has 2 N–H and O–H groups in total. The number of aromatic amines is 1. The number of aromatic nitrogens is 3. The second kappa shape index (κ2) is 8.37. The average molecular weight is 439 g/mol. The fourth-order valence-electron chi connectivity index (χ4n) is 2.61. The lowest BCUT2D eigenvalue weighted by Crippen LogP contribution is -2.16. The summed E-state index contributed by atoms with van der Waals surface area (Å²) >= 11 is 0. The van der Waals surface area contributed by atoms with Crippen molar-refractivity contribution in [3.8, 4) is 23.6 Å². The Bertz CT molecular complexity index is 1200. The molecule has 30 heavy (non-hydrogen) atoms. The van der Waals surface area contributed by atoms with E-state index in [1.54, 1.807) is 6.07 Å². The van der Waals surface area contributed by atoms with Crippen molar-refractivity contribution < 1.29 is 31.4 Å². The molecule has 0 spiro atoms. The molecule has 10 nitrogen and oxygen atoms in total. The quantitative estimate of drug-likeness (QED) is 0.546. The summed E-state index contributed by atoms with van der Waals surface area (Å²) in [7, 11) is -1.68. The predicted octanol–water partition coefficient (Wildman–Crippen LogP) is 2.62. The van der Waals surface area contributed by atoms with E-state index in [2.05, 4.69) is 19.7 Å². The molecule has 2 aromatic heterocycles. The number of halogens is 2. The molecule has 13 heteroatoms. The van der Waals surface area contributed by atoms with Crippen molar-refractivity contribution in [2.75, 3.05) is 25.5 Å². The van der Waals surface area contributed by atoms with Gasteiger partial charge in [-0.25, -0.2) is 21.9 Å². The number of nitriles is 1. The van der Waals surface area contributed by atoms with Gasteiger partial charge in [0.15, 0.2) is 6.61 Å². The molecule has 0 bridgehead atoms. The number of anilines is 1. The average Bonchev–Trinajstić information content (AvgIpc) is 3.16. The summed E-state index contributed by atoms with van der Waals surface area (Å²) in [6.07, 6.45) is -1.52. The van der Waals surface area contributed by atoms with Crippen LogP contribution in [0.15, 0.2) is 29.3 Å². The number of hydrogen-bond donors (Lipinski definition) is 2. The molecule has 0 amide bonds. The van der Waals surface area contributed by atoms with Gasteiger partial charge in [-0.2, -0.15) is 15.2 Å². The van der Waals surface area contributed by atoms with Crippen LogP contribution in [0.5, 0.6) is 17.5 Å². The van der Waals surface area contributed by atoms with Crippen LogP contribution in [0.4, 0.5) is 14.7 Å². The van der Waals surface area contributed by atoms with Crippen LogP contribution in [0.3, 0.4) is 0 Å². The maximum Gasteiger partial charge on any atom is 0.266 e. The Morgan fingerprint density at radius 3 is 2.47 bits per heavy atom. The molecule has 0 fully saturated rings. The van der Waals surface area contributed by atoms with Crippen molar-refractivity contribution in [2.45, 2.75) is 11.3 Å². The van der Waals surface area contributed by atoms with Crippen molar-refractivity contribution in [1.82, 2.24) is 15.0 Å². The zero-order valence-electron chi connectivity index (χ0n) is 15.6. The SMILES string of the molecule is COc1nc(NS(=O)(=O)c2c[nH]c3cc(C(F)F)ccc23)nc(OC)c1OCC#N. The monoisotopic (exact) mass is 439 g/mol. The molecule has 1 aromatic carbocycles. The summed E-state index contributed by atoms with van der Waals surface area (Å²) in [5.41, 5.74) is -0.0171. The lowest BCUT2D eigenvalue weighted by Gasteiger charge is -2.13. The maximum absolute atomic E-state index is 12.9. The highest BCUT2D eigenvalue weighted by atomic mass is 32.2. The van der Waals surface area contributed by atoms with Crippen LogP contribution in [0.25, 0.3) is 10.9 Å². The summed E-state index contributed by atoms with van der Waals surface area (Å²) in [5, 5.41) is 8.88. The standard InChI is InChI=1S/C17H15F2N5O5S/c1-27-15-13(29-6-5-20)16(28-2)23-17(22-15)24-30(25,26)12-8-21-11-7-9(14(18)19)3-4-10(11)12/h3-4,7-8,14,21H,6H2,1-2H3,(H,22,23,24). The first-order valence-electron chi connectivity index (χ1n) is 8.22. The van der Waals surface area contributed by atoms with Crippen molar-refractivity contribution in [3.63, 3.8) is 0 Å². The summed E-state index contributed by atoms with van der Waals surface area (Å²) in [6, 6.07) is 5.36. The topological polar surface area (TPSA) is 139 Å². The highest BCUT2D eigenvalue weighted by Crippen LogP contribution is 2.36. The fraction of sp³-hybridized carbons (Fsp3) is 0.235. The van der Waals surface area contributed by atoms with E-state index in [4.69, 9.17) is 19.5 Å². The second-order valence-electron chi connectivity index (χ2n) is 5.71. The predicted molar refractivity (Wildman–Crippen MR) is 100 cm³/mol. The fourth-order valence-corrected chi connectivity index (χ4v) is 3.73. The van der Waals surface area contributed by atoms with E-state index in [9.17, 15) is 17.2 Å². The first kappa shape index (κ1) is 21.1. The van der Waals surface area contributed by atoms with Crippen LogP contribution in [0, 0.1) is 11.3 Å². The van der Waals surface area contributed by atoms with Gasteiger partial charge >= 0.3 is 0 Å². The second-order valence-corrected chi connectivity index (χ2v) is 7.36. The van der Waals surface area contributed by atoms with Gasteiger partial charge in [0.25, 0.3) is 28.2 Å². The Balaban J connectivity index is 1.99. The number of nitrogens with zero attached hydrogens (tertiary/aromatic N) is 3. The van der Waals surface area contributed by atoms with Gasteiger partial charge in [-0.1, -0.05) is 12.1 Å². The largest absolute Gasteiger partial charge is 0.478 e. The number of rotatable bonds is 8. The molecule has 0 radical (unpaired) electrons. The van der Waals surface area contributed by atoms with Crippen LogP contribution in [-0.4, -0.2) is 44.2 Å². The minimum Gasteiger partial charge on any atom is -0.478 e. The van der Waals surface area contributed by atoms with Gasteiger partial charge in [0.1, 0.15) is 11.0 Å². The van der Waals surface area contributed by atoms with E-state index < -0.39 is 16.4 Å². The van der Waals surface area contributed by atoms with Gasteiger partial charge in [-0.15, -0.1) is 0 Å². The van der Waals surface area contributed by atoms with Gasteiger partial charge in [0, 0.05) is 22.7 Å². The molecule has 0 saturated carbocycles. The van der Waals surface area contributed by atoms with Crippen molar-refractivity contribution in [2.24, 2.45) is 0 Å². The molecule has 0 unspecified atom stereocenters. The van der Waals surface area contributed by atoms with E-state index >= 15 is 0 Å². The van der Waals surface area contributed by atoms with Gasteiger partial charge in [-0.05, 0) is 6.07 Å². The third-order valence-corrected chi connectivity index (χ3v) is 5.27. The molecular weight excluding hydrogens is 424 g/mol. The Labute approximate surface area is 169 Å². The third kappa shape index (κ3) is 4.03. The Morgan fingerprint density at radius 1 is 1.23 bits per heavy atom. The first-order chi connectivity index (χ1) is 14.3. The smallest absolute Gasteiger partial charge is 0.266 e. The number of methoxy groups -OCH3 is 2. The number of alkyl halides is 2. The van der Waals surface area contributed by atoms with Gasteiger partial charge in [0.05, 0.1) is 14.2 Å². The minimum atomic E-state index is -4.21. The minimum absolute atomic E-state index is 0.0730. The van der Waals surface area contributed by atoms with Gasteiger partial charge < -0.3 is 19.2 Å². The Hall–Kier alpha value is -3.66. The Kier molecular flexibility index (Phi) is 5.88. The molecule has 0 saturated heterocycles. The van der Waals surface area contributed by atoms with Gasteiger partial charge in [-0.3, -0.25) is 0 Å². The van der Waals surface area contributed by atoms with Crippen LogP contribution in [0.1, 0.15) is 12.0 Å². The molecule has 3 rings (SSSR count). The highest BCUT2D eigenvalue weighted by Gasteiger charge is 2.24. The molecule has 0 atom stereocenters. The number of benzene rings is 1. The van der Waals surface area contributed by atoms with Crippen molar-refractivity contribution >= 4 is 26.9 Å². The van der Waals surface area contributed by atoms with Crippen LogP contribution in [0.2, 0.25) is 0 Å². The highest BCUT2D eigenvalue weighted by molar-refractivity contribution is 7.93. The number of fused-ring (bicyclic) bond motifs is 1. The molecule has 3 aromatic rings. The summed E-state index contributed by atoms with van der Waals surface area (Å²) < 4.78 is 68.9. The normalized spacial score (nSPS) is 11.3. The first-order valence-corrected chi connectivity index (χ1v) is 9.70. The molecule has 158 valence electrons. The van der Waals surface area contributed by atoms with Crippen LogP contribution >= 0.6 is 0 Å². The van der Waals surface area contributed by atoms with E-state index in [1.165, 1.54) is 32.5 Å². The number of nitrogens with one attached hydrogen (secondary N) is 2. The van der Waals surface area contributed by atoms with Gasteiger partial charge in [0.2, 0.25) is 11.7 Å². The summed E-state index contributed by atoms with van der Waals surface area (Å²) in [6.45, 7) is -0.336. The van der Waals surface area contributed by atoms with Crippen molar-refractivity contribution in [3.05, 3.63) is 30.0 Å². The maximum atomic E-state index is 12.9. The van der Waals surface area contributed by atoms with E-state index in [-0.39, 0.29) is 51.4 Å². The molecule has 2 heterocycles. The van der Waals surface area contributed by atoms with E-state index in [0.29, 0.717) is 0 Å². The lowest BCUT2D eigenvalue weighted by molar-refractivity contribution is 0.151. The van der Waals surface area contributed by atoms with Crippen molar-refractivity contribution in [1.29, 1.82) is 5.26 Å². The molecule has 0 aliphatic carbocycles. The van der Waals surface area contributed by atoms with E-state index in [0.717, 1.165) is 6.07 Å². The summed E-state index contributed by atoms with van der Waals surface area (Å²) in [5.74, 6) is -0.770. The molecule has 0 aliphatic rings. The summed E-state index contributed by atoms with van der Waals surface area (Å²) in [4.78, 5) is 10.3. The van der Waals surface area contributed by atoms with E-state index in [1.807, 2.05) is 0 Å². The zero-order valence-corrected chi connectivity index (χ0v) is 16.5.